The Labute approximate surface area is 131 Å². The van der Waals surface area contributed by atoms with Crippen LogP contribution in [0.1, 0.15) is 6.42 Å². The van der Waals surface area contributed by atoms with Gasteiger partial charge in [-0.15, -0.1) is 6.58 Å². The van der Waals surface area contributed by atoms with Crippen molar-refractivity contribution in [3.8, 4) is 0 Å². The third-order valence-corrected chi connectivity index (χ3v) is 4.18. The van der Waals surface area contributed by atoms with Gasteiger partial charge in [-0.05, 0) is 0 Å². The Balaban J connectivity index is 2.85. The number of hydrogen-bond acceptors (Lipinski definition) is 9. The second kappa shape index (κ2) is 8.21. The van der Waals surface area contributed by atoms with Crippen LogP contribution in [0.4, 0.5) is 0 Å². The van der Waals surface area contributed by atoms with Crippen LogP contribution in [0.5, 0.6) is 0 Å². The Morgan fingerprint density at radius 3 is 2.45 bits per heavy atom. The van der Waals surface area contributed by atoms with Crippen molar-refractivity contribution in [1.29, 1.82) is 0 Å². The highest BCUT2D eigenvalue weighted by Gasteiger charge is 2.44. The fourth-order valence-electron chi connectivity index (χ4n) is 1.65. The van der Waals surface area contributed by atoms with E-state index >= 15 is 0 Å². The molecule has 0 unspecified atom stereocenters. The molecule has 0 aromatic rings. The number of thioether (sulfide) groups is 1. The van der Waals surface area contributed by atoms with Crippen molar-refractivity contribution in [2.75, 3.05) is 6.61 Å². The molecule has 0 spiro atoms. The first-order valence-electron chi connectivity index (χ1n) is 6.08. The molecule has 0 radical (unpaired) electrons. The maximum absolute atomic E-state index is 10.6. The van der Waals surface area contributed by atoms with E-state index < -0.39 is 46.8 Å². The van der Waals surface area contributed by atoms with E-state index in [9.17, 15) is 23.7 Å². The van der Waals surface area contributed by atoms with Crippen molar-refractivity contribution in [3.63, 3.8) is 0 Å². The van der Waals surface area contributed by atoms with Gasteiger partial charge in [0.15, 0.2) is 0 Å². The maximum atomic E-state index is 10.6. The minimum absolute atomic E-state index is 0.0805. The standard InChI is InChI=1S/C10H18N2O8S2/c1-2-3-6(11-12-22(17,18)19)21-10-9(16)8(15)7(14)5(4-13)20-10/h2,5,7-10,12-16H,1,3-4H2,(H,17,18,19)/b11-6+/t5-,7-,8+,9-,10+/m1/s1. The highest BCUT2D eigenvalue weighted by molar-refractivity contribution is 8.14. The lowest BCUT2D eigenvalue weighted by atomic mass is 10.0. The van der Waals surface area contributed by atoms with Crippen LogP contribution in [0.2, 0.25) is 0 Å². The van der Waals surface area contributed by atoms with Gasteiger partial charge in [-0.25, -0.2) is 0 Å². The zero-order valence-electron chi connectivity index (χ0n) is 11.3. The van der Waals surface area contributed by atoms with E-state index in [2.05, 4.69) is 11.7 Å². The first-order chi connectivity index (χ1) is 10.2. The largest absolute Gasteiger partial charge is 0.394 e. The fourth-order valence-corrected chi connectivity index (χ4v) is 3.01. The highest BCUT2D eigenvalue weighted by Crippen LogP contribution is 2.30. The number of aliphatic hydroxyl groups is 4. The number of hydrazone groups is 1. The molecule has 12 heteroatoms. The molecule has 1 rings (SSSR count). The molecule has 0 bridgehead atoms. The average Bonchev–Trinajstić information content (AvgIpc) is 2.44. The van der Waals surface area contributed by atoms with Crippen LogP contribution in [0, 0.1) is 0 Å². The van der Waals surface area contributed by atoms with Gasteiger partial charge in [0.2, 0.25) is 0 Å². The van der Waals surface area contributed by atoms with Crippen LogP contribution in [-0.2, 0) is 15.0 Å². The van der Waals surface area contributed by atoms with Crippen LogP contribution in [0.15, 0.2) is 17.8 Å². The lowest BCUT2D eigenvalue weighted by Gasteiger charge is -2.39. The second-order valence-electron chi connectivity index (χ2n) is 4.38. The summed E-state index contributed by atoms with van der Waals surface area (Å²) >= 11 is 0.750. The van der Waals surface area contributed by atoms with Gasteiger partial charge < -0.3 is 25.2 Å². The van der Waals surface area contributed by atoms with Crippen molar-refractivity contribution >= 4 is 27.1 Å². The monoisotopic (exact) mass is 358 g/mol. The summed E-state index contributed by atoms with van der Waals surface area (Å²) in [5.74, 6) is 0. The van der Waals surface area contributed by atoms with Gasteiger partial charge in [0.1, 0.15) is 34.9 Å². The summed E-state index contributed by atoms with van der Waals surface area (Å²) in [4.78, 5) is 1.51. The van der Waals surface area contributed by atoms with Crippen LogP contribution in [0.25, 0.3) is 0 Å². The summed E-state index contributed by atoms with van der Waals surface area (Å²) in [6, 6.07) is 0. The number of nitrogens with zero attached hydrogens (tertiary/aromatic N) is 1. The van der Waals surface area contributed by atoms with E-state index in [1.54, 1.807) is 0 Å². The maximum Gasteiger partial charge on any atom is 0.372 e. The van der Waals surface area contributed by atoms with Crippen LogP contribution >= 0.6 is 11.8 Å². The predicted octanol–water partition coefficient (Wildman–Crippen LogP) is -2.20. The Hall–Kier alpha value is -0.730. The summed E-state index contributed by atoms with van der Waals surface area (Å²) < 4.78 is 35.0. The number of ether oxygens (including phenoxy) is 1. The third-order valence-electron chi connectivity index (χ3n) is 2.71. The van der Waals surface area contributed by atoms with Crippen LogP contribution < -0.4 is 4.83 Å². The van der Waals surface area contributed by atoms with Gasteiger partial charge in [-0.2, -0.15) is 18.4 Å². The van der Waals surface area contributed by atoms with Crippen molar-refractivity contribution in [1.82, 2.24) is 4.83 Å². The molecule has 1 aliphatic rings. The van der Waals surface area contributed by atoms with Crippen LogP contribution in [0.3, 0.4) is 0 Å². The van der Waals surface area contributed by atoms with Gasteiger partial charge in [0, 0.05) is 6.42 Å². The molecule has 5 atom stereocenters. The zero-order chi connectivity index (χ0) is 16.9. The Kier molecular flexibility index (Phi) is 7.21. The molecule has 1 heterocycles. The number of rotatable bonds is 6. The van der Waals surface area contributed by atoms with Gasteiger partial charge >= 0.3 is 10.3 Å². The van der Waals surface area contributed by atoms with Gasteiger partial charge in [-0.3, -0.25) is 4.55 Å². The first-order valence-corrected chi connectivity index (χ1v) is 8.40. The minimum Gasteiger partial charge on any atom is -0.394 e. The zero-order valence-corrected chi connectivity index (χ0v) is 12.9. The van der Waals surface area contributed by atoms with Crippen molar-refractivity contribution < 1.29 is 38.1 Å². The fraction of sp³-hybridized carbons (Fsp3) is 0.700. The number of nitrogens with one attached hydrogen (secondary N) is 1. The lowest BCUT2D eigenvalue weighted by molar-refractivity contribution is -0.205. The van der Waals surface area contributed by atoms with Gasteiger partial charge in [0.25, 0.3) is 0 Å². The average molecular weight is 358 g/mol. The van der Waals surface area contributed by atoms with Crippen molar-refractivity contribution in [2.45, 2.75) is 36.3 Å². The number of allylic oxidation sites excluding steroid dienone is 1. The first kappa shape index (κ1) is 19.3. The Morgan fingerprint density at radius 2 is 1.95 bits per heavy atom. The molecule has 0 aliphatic carbocycles. The predicted molar refractivity (Wildman–Crippen MR) is 78.3 cm³/mol. The van der Waals surface area contributed by atoms with E-state index in [1.165, 1.54) is 10.9 Å². The van der Waals surface area contributed by atoms with E-state index in [1.807, 2.05) is 0 Å². The quantitative estimate of drug-likeness (QED) is 0.101. The van der Waals surface area contributed by atoms with E-state index in [0.29, 0.717) is 0 Å². The minimum atomic E-state index is -4.54. The molecule has 22 heavy (non-hydrogen) atoms. The molecule has 1 aliphatic heterocycles. The Bertz CT molecular complexity index is 509. The molecular formula is C10H18N2O8S2. The summed E-state index contributed by atoms with van der Waals surface area (Å²) in [5, 5.41) is 41.7. The second-order valence-corrected chi connectivity index (χ2v) is 6.68. The summed E-state index contributed by atoms with van der Waals surface area (Å²) in [5.41, 5.74) is -1.11. The molecule has 128 valence electrons. The molecule has 6 N–H and O–H groups in total. The molecular weight excluding hydrogens is 340 g/mol. The normalized spacial score (nSPS) is 33.5. The summed E-state index contributed by atoms with van der Waals surface area (Å²) in [6.07, 6.45) is -4.15. The summed E-state index contributed by atoms with van der Waals surface area (Å²) in [7, 11) is -4.54. The molecule has 0 saturated carbocycles. The third kappa shape index (κ3) is 5.48. The molecule has 10 nitrogen and oxygen atoms in total. The topological polar surface area (TPSA) is 169 Å². The number of aliphatic hydroxyl groups excluding tert-OH is 4. The van der Waals surface area contributed by atoms with Crippen LogP contribution in [-0.4, -0.2) is 74.9 Å². The molecule has 0 aromatic carbocycles. The van der Waals surface area contributed by atoms with Gasteiger partial charge in [-0.1, -0.05) is 17.8 Å². The Morgan fingerprint density at radius 1 is 1.32 bits per heavy atom. The smallest absolute Gasteiger partial charge is 0.372 e. The SMILES string of the molecule is C=CC/C(=N\NS(=O)(=O)O)S[C@@H]1O[C@H](CO)[C@@H](O)[C@H](O)[C@H]1O. The van der Waals surface area contributed by atoms with Crippen molar-refractivity contribution in [3.05, 3.63) is 12.7 Å². The molecule has 1 saturated heterocycles. The summed E-state index contributed by atoms with van der Waals surface area (Å²) in [6.45, 7) is 2.86. The van der Waals surface area contributed by atoms with E-state index in [0.717, 1.165) is 11.8 Å². The lowest BCUT2D eigenvalue weighted by Crippen LogP contribution is -2.57. The molecule has 0 amide bonds. The van der Waals surface area contributed by atoms with E-state index in [-0.39, 0.29) is 11.5 Å². The van der Waals surface area contributed by atoms with Crippen molar-refractivity contribution in [2.24, 2.45) is 5.10 Å². The number of hydrogen-bond donors (Lipinski definition) is 6. The highest BCUT2D eigenvalue weighted by atomic mass is 32.2. The van der Waals surface area contributed by atoms with E-state index in [4.69, 9.17) is 14.4 Å². The van der Waals surface area contributed by atoms with Gasteiger partial charge in [0.05, 0.1) is 6.61 Å². The molecule has 1 fully saturated rings. The molecule has 0 aromatic heterocycles.